The van der Waals surface area contributed by atoms with Gasteiger partial charge in [-0.1, -0.05) is 17.7 Å². The Morgan fingerprint density at radius 1 is 1.04 bits per heavy atom. The number of rotatable bonds is 9. The molecule has 0 aliphatic carbocycles. The molecule has 0 bridgehead atoms. The standard InChI is InChI=1S/C21H19ClN2O3S/c22-16-4-6-19(7-5-16)27-20-3-1-2-17(12-20)24-13-18(25)8-10-23-21(26)15-9-11-28-14-15/h1-7,9,11-12,14,24H,8,10,13H2,(H,23,26). The maximum absolute atomic E-state index is 12.0. The molecule has 144 valence electrons. The van der Waals surface area contributed by atoms with E-state index in [2.05, 4.69) is 10.6 Å². The molecular weight excluding hydrogens is 396 g/mol. The first-order chi connectivity index (χ1) is 13.6. The fourth-order valence-corrected chi connectivity index (χ4v) is 3.17. The number of anilines is 1. The first-order valence-corrected chi connectivity index (χ1v) is 10.0. The van der Waals surface area contributed by atoms with Crippen LogP contribution in [0.4, 0.5) is 5.69 Å². The van der Waals surface area contributed by atoms with Crippen molar-refractivity contribution in [1.82, 2.24) is 5.32 Å². The Bertz CT molecular complexity index is 927. The van der Waals surface area contributed by atoms with Crippen molar-refractivity contribution < 1.29 is 14.3 Å². The lowest BCUT2D eigenvalue weighted by atomic mass is 10.2. The van der Waals surface area contributed by atoms with Crippen LogP contribution in [0, 0.1) is 0 Å². The van der Waals surface area contributed by atoms with Gasteiger partial charge in [0.25, 0.3) is 5.91 Å². The highest BCUT2D eigenvalue weighted by Gasteiger charge is 2.07. The van der Waals surface area contributed by atoms with Gasteiger partial charge in [-0.3, -0.25) is 9.59 Å². The number of amides is 1. The number of halogens is 1. The second-order valence-electron chi connectivity index (χ2n) is 5.99. The van der Waals surface area contributed by atoms with E-state index in [4.69, 9.17) is 16.3 Å². The Hall–Kier alpha value is -2.83. The molecule has 0 saturated carbocycles. The van der Waals surface area contributed by atoms with Gasteiger partial charge in [-0.05, 0) is 47.8 Å². The number of hydrogen-bond donors (Lipinski definition) is 2. The Labute approximate surface area is 172 Å². The van der Waals surface area contributed by atoms with Crippen molar-refractivity contribution in [3.05, 3.63) is 75.9 Å². The summed E-state index contributed by atoms with van der Waals surface area (Å²) < 4.78 is 5.78. The summed E-state index contributed by atoms with van der Waals surface area (Å²) in [7, 11) is 0. The van der Waals surface area contributed by atoms with Gasteiger partial charge in [0.1, 0.15) is 11.5 Å². The molecule has 0 saturated heterocycles. The van der Waals surface area contributed by atoms with Crippen LogP contribution in [0.25, 0.3) is 0 Å². The molecule has 5 nitrogen and oxygen atoms in total. The zero-order valence-corrected chi connectivity index (χ0v) is 16.6. The van der Waals surface area contributed by atoms with Gasteiger partial charge < -0.3 is 15.4 Å². The Kier molecular flexibility index (Phi) is 7.06. The van der Waals surface area contributed by atoms with Gasteiger partial charge in [-0.25, -0.2) is 0 Å². The van der Waals surface area contributed by atoms with E-state index >= 15 is 0 Å². The summed E-state index contributed by atoms with van der Waals surface area (Å²) in [6.45, 7) is 0.494. The van der Waals surface area contributed by atoms with E-state index in [1.54, 1.807) is 35.7 Å². The number of nitrogens with one attached hydrogen (secondary N) is 2. The summed E-state index contributed by atoms with van der Waals surface area (Å²) in [5.74, 6) is 1.19. The molecule has 0 aliphatic heterocycles. The Morgan fingerprint density at radius 3 is 2.61 bits per heavy atom. The van der Waals surface area contributed by atoms with Crippen LogP contribution in [-0.2, 0) is 4.79 Å². The highest BCUT2D eigenvalue weighted by molar-refractivity contribution is 7.08. The number of hydrogen-bond acceptors (Lipinski definition) is 5. The normalized spacial score (nSPS) is 10.3. The van der Waals surface area contributed by atoms with Crippen LogP contribution in [0.2, 0.25) is 5.02 Å². The van der Waals surface area contributed by atoms with Crippen molar-refractivity contribution in [2.45, 2.75) is 6.42 Å². The molecule has 0 spiro atoms. The smallest absolute Gasteiger partial charge is 0.252 e. The second kappa shape index (κ2) is 9.92. The van der Waals surface area contributed by atoms with Crippen LogP contribution in [0.1, 0.15) is 16.8 Å². The summed E-state index contributed by atoms with van der Waals surface area (Å²) in [5, 5.41) is 10.1. The number of carbonyl (C=O) groups is 2. The van der Waals surface area contributed by atoms with Crippen molar-refractivity contribution in [2.75, 3.05) is 18.4 Å². The van der Waals surface area contributed by atoms with Crippen molar-refractivity contribution in [3.63, 3.8) is 0 Å². The highest BCUT2D eigenvalue weighted by atomic mass is 35.5. The Morgan fingerprint density at radius 2 is 1.86 bits per heavy atom. The minimum atomic E-state index is -0.158. The zero-order chi connectivity index (χ0) is 19.8. The number of carbonyl (C=O) groups excluding carboxylic acids is 2. The average Bonchev–Trinajstić information content (AvgIpc) is 3.23. The monoisotopic (exact) mass is 414 g/mol. The third-order valence-electron chi connectivity index (χ3n) is 3.85. The van der Waals surface area contributed by atoms with Crippen LogP contribution >= 0.6 is 22.9 Å². The van der Waals surface area contributed by atoms with E-state index in [0.717, 1.165) is 5.69 Å². The van der Waals surface area contributed by atoms with E-state index in [9.17, 15) is 9.59 Å². The number of Topliss-reactive ketones (excluding diaryl/α,β-unsaturated/α-hetero) is 1. The quantitative estimate of drug-likeness (QED) is 0.517. The number of ether oxygens (including phenoxy) is 1. The minimum absolute atomic E-state index is 0.00893. The molecule has 0 unspecified atom stereocenters. The number of benzene rings is 2. The summed E-state index contributed by atoms with van der Waals surface area (Å²) in [6.07, 6.45) is 0.268. The molecular formula is C21H19ClN2O3S. The lowest BCUT2D eigenvalue weighted by Crippen LogP contribution is -2.27. The predicted molar refractivity (Wildman–Crippen MR) is 113 cm³/mol. The maximum Gasteiger partial charge on any atom is 0.252 e. The topological polar surface area (TPSA) is 67.4 Å². The van der Waals surface area contributed by atoms with Crippen molar-refractivity contribution in [2.24, 2.45) is 0 Å². The third kappa shape index (κ3) is 6.11. The van der Waals surface area contributed by atoms with Crippen molar-refractivity contribution in [1.29, 1.82) is 0 Å². The van der Waals surface area contributed by atoms with E-state index in [0.29, 0.717) is 28.6 Å². The van der Waals surface area contributed by atoms with E-state index < -0.39 is 0 Å². The SMILES string of the molecule is O=C(CCNC(=O)c1ccsc1)CNc1cccc(Oc2ccc(Cl)cc2)c1. The molecule has 0 aliphatic rings. The molecule has 0 radical (unpaired) electrons. The average molecular weight is 415 g/mol. The number of thiophene rings is 1. The molecule has 3 aromatic rings. The van der Waals surface area contributed by atoms with Crippen LogP contribution in [0.15, 0.2) is 65.4 Å². The highest BCUT2D eigenvalue weighted by Crippen LogP contribution is 2.25. The largest absolute Gasteiger partial charge is 0.457 e. The zero-order valence-electron chi connectivity index (χ0n) is 15.0. The van der Waals surface area contributed by atoms with Crippen LogP contribution in [0.3, 0.4) is 0 Å². The van der Waals surface area contributed by atoms with E-state index in [-0.39, 0.29) is 24.7 Å². The van der Waals surface area contributed by atoms with Crippen molar-refractivity contribution >= 4 is 40.3 Å². The molecule has 0 fully saturated rings. The van der Waals surface area contributed by atoms with E-state index in [1.165, 1.54) is 11.3 Å². The van der Waals surface area contributed by atoms with Gasteiger partial charge in [0, 0.05) is 40.7 Å². The summed E-state index contributed by atoms with van der Waals surface area (Å²) in [6, 6.07) is 16.2. The molecule has 1 aromatic heterocycles. The second-order valence-corrected chi connectivity index (χ2v) is 7.21. The molecule has 1 heterocycles. The summed E-state index contributed by atoms with van der Waals surface area (Å²) >= 11 is 7.33. The van der Waals surface area contributed by atoms with Gasteiger partial charge in [0.05, 0.1) is 6.54 Å². The first kappa shape index (κ1) is 19.9. The molecule has 2 N–H and O–H groups in total. The fraction of sp³-hybridized carbons (Fsp3) is 0.143. The van der Waals surface area contributed by atoms with Crippen LogP contribution < -0.4 is 15.4 Å². The van der Waals surface area contributed by atoms with E-state index in [1.807, 2.05) is 29.6 Å². The molecule has 3 rings (SSSR count). The fourth-order valence-electron chi connectivity index (χ4n) is 2.41. The van der Waals surface area contributed by atoms with Gasteiger partial charge in [0.2, 0.25) is 0 Å². The van der Waals surface area contributed by atoms with Crippen LogP contribution in [-0.4, -0.2) is 24.8 Å². The van der Waals surface area contributed by atoms with Crippen molar-refractivity contribution in [3.8, 4) is 11.5 Å². The van der Waals surface area contributed by atoms with Gasteiger partial charge in [0.15, 0.2) is 5.78 Å². The molecule has 28 heavy (non-hydrogen) atoms. The molecule has 0 atom stereocenters. The third-order valence-corrected chi connectivity index (χ3v) is 4.78. The number of ketones is 1. The minimum Gasteiger partial charge on any atom is -0.457 e. The Balaban J connectivity index is 1.43. The van der Waals surface area contributed by atoms with Gasteiger partial charge in [-0.15, -0.1) is 0 Å². The predicted octanol–water partition coefficient (Wildman–Crippen LogP) is 4.99. The lowest BCUT2D eigenvalue weighted by Gasteiger charge is -2.10. The summed E-state index contributed by atoms with van der Waals surface area (Å²) in [5.41, 5.74) is 1.40. The van der Waals surface area contributed by atoms with Gasteiger partial charge >= 0.3 is 0 Å². The maximum atomic E-state index is 12.0. The van der Waals surface area contributed by atoms with Crippen LogP contribution in [0.5, 0.6) is 11.5 Å². The first-order valence-electron chi connectivity index (χ1n) is 8.69. The molecule has 2 aromatic carbocycles. The molecule has 7 heteroatoms. The lowest BCUT2D eigenvalue weighted by molar-refractivity contribution is -0.117. The molecule has 1 amide bonds. The summed E-state index contributed by atoms with van der Waals surface area (Å²) in [4.78, 5) is 23.9. The van der Waals surface area contributed by atoms with Gasteiger partial charge in [-0.2, -0.15) is 11.3 Å².